The highest BCUT2D eigenvalue weighted by Gasteiger charge is 2.18. The smallest absolute Gasteiger partial charge is 0.305 e. The summed E-state index contributed by atoms with van der Waals surface area (Å²) in [4.78, 5) is 9.73. The lowest BCUT2D eigenvalue weighted by Crippen LogP contribution is -2.04. The Morgan fingerprint density at radius 1 is 1.14 bits per heavy atom. The van der Waals surface area contributed by atoms with E-state index in [-0.39, 0.29) is 12.1 Å². The molecule has 8 heteroatoms. The van der Waals surface area contributed by atoms with E-state index in [4.69, 9.17) is 23.2 Å². The van der Waals surface area contributed by atoms with Crippen LogP contribution in [0.5, 0.6) is 0 Å². The molecule has 4 nitrogen and oxygen atoms in total. The zero-order valence-corrected chi connectivity index (χ0v) is 11.9. The van der Waals surface area contributed by atoms with Crippen LogP contribution in [-0.2, 0) is 6.54 Å². The summed E-state index contributed by atoms with van der Waals surface area (Å²) >= 11 is 11.7. The van der Waals surface area contributed by atoms with Crippen LogP contribution in [0.4, 0.5) is 20.2 Å². The van der Waals surface area contributed by atoms with Gasteiger partial charge in [0.15, 0.2) is 0 Å². The van der Waals surface area contributed by atoms with Crippen LogP contribution in [0.15, 0.2) is 30.3 Å². The summed E-state index contributed by atoms with van der Waals surface area (Å²) in [6.07, 6.45) is 0. The average molecular weight is 333 g/mol. The number of nitrogens with zero attached hydrogens (tertiary/aromatic N) is 1. The van der Waals surface area contributed by atoms with Gasteiger partial charge in [0.25, 0.3) is 0 Å². The van der Waals surface area contributed by atoms with E-state index in [1.165, 1.54) is 6.07 Å². The second-order valence-corrected chi connectivity index (χ2v) is 4.97. The van der Waals surface area contributed by atoms with Crippen molar-refractivity contribution in [2.24, 2.45) is 0 Å². The Bertz CT molecular complexity index is 711. The number of nitrogens with one attached hydrogen (secondary N) is 1. The molecule has 0 aliphatic heterocycles. The van der Waals surface area contributed by atoms with E-state index >= 15 is 0 Å². The largest absolute Gasteiger partial charge is 0.380 e. The standard InChI is InChI=1S/C13H8Cl2F2N2O2/c14-8-1-2-9(15)12(4-8)18-6-7-3-13(19(20)21)11(17)5-10(7)16/h1-5,18H,6H2. The summed E-state index contributed by atoms with van der Waals surface area (Å²) in [6.45, 7) is -0.104. The first-order valence-corrected chi connectivity index (χ1v) is 6.45. The van der Waals surface area contributed by atoms with E-state index in [0.29, 0.717) is 21.8 Å². The number of halogens is 4. The van der Waals surface area contributed by atoms with Gasteiger partial charge in [-0.25, -0.2) is 4.39 Å². The number of anilines is 1. The molecule has 0 amide bonds. The van der Waals surface area contributed by atoms with E-state index < -0.39 is 22.2 Å². The number of hydrogen-bond donors (Lipinski definition) is 1. The van der Waals surface area contributed by atoms with E-state index in [1.54, 1.807) is 12.1 Å². The zero-order valence-electron chi connectivity index (χ0n) is 10.4. The van der Waals surface area contributed by atoms with Gasteiger partial charge in [-0.3, -0.25) is 10.1 Å². The molecule has 0 atom stereocenters. The lowest BCUT2D eigenvalue weighted by molar-refractivity contribution is -0.387. The fraction of sp³-hybridized carbons (Fsp3) is 0.0769. The molecule has 0 aliphatic rings. The van der Waals surface area contributed by atoms with Crippen molar-refractivity contribution in [2.75, 3.05) is 5.32 Å². The van der Waals surface area contributed by atoms with Gasteiger partial charge in [0.05, 0.1) is 15.6 Å². The highest BCUT2D eigenvalue weighted by molar-refractivity contribution is 6.35. The van der Waals surface area contributed by atoms with Crippen molar-refractivity contribution in [1.29, 1.82) is 0 Å². The summed E-state index contributed by atoms with van der Waals surface area (Å²) in [7, 11) is 0. The summed E-state index contributed by atoms with van der Waals surface area (Å²) < 4.78 is 26.8. The van der Waals surface area contributed by atoms with Crippen molar-refractivity contribution >= 4 is 34.6 Å². The molecule has 0 heterocycles. The Balaban J connectivity index is 2.25. The van der Waals surface area contributed by atoms with Gasteiger partial charge in [0.1, 0.15) is 5.82 Å². The second-order valence-electron chi connectivity index (χ2n) is 4.13. The average Bonchev–Trinajstić information content (AvgIpc) is 2.41. The van der Waals surface area contributed by atoms with Crippen molar-refractivity contribution in [2.45, 2.75) is 6.54 Å². The Kier molecular flexibility index (Phi) is 4.59. The number of nitro groups is 1. The predicted octanol–water partition coefficient (Wildman–Crippen LogP) is 4.79. The maximum absolute atomic E-state index is 13.6. The van der Waals surface area contributed by atoms with Crippen molar-refractivity contribution in [3.05, 3.63) is 67.7 Å². The Morgan fingerprint density at radius 3 is 2.52 bits per heavy atom. The number of hydrogen-bond acceptors (Lipinski definition) is 3. The highest BCUT2D eigenvalue weighted by Crippen LogP contribution is 2.27. The fourth-order valence-electron chi connectivity index (χ4n) is 1.68. The van der Waals surface area contributed by atoms with E-state index in [9.17, 15) is 18.9 Å². The van der Waals surface area contributed by atoms with Crippen LogP contribution in [0.2, 0.25) is 10.0 Å². The normalized spacial score (nSPS) is 10.5. The molecule has 1 N–H and O–H groups in total. The first-order valence-electron chi connectivity index (χ1n) is 5.69. The van der Waals surface area contributed by atoms with E-state index in [0.717, 1.165) is 6.07 Å². The third-order valence-electron chi connectivity index (χ3n) is 2.71. The van der Waals surface area contributed by atoms with Crippen LogP contribution in [-0.4, -0.2) is 4.92 Å². The van der Waals surface area contributed by atoms with Crippen molar-refractivity contribution < 1.29 is 13.7 Å². The molecule has 2 rings (SSSR count). The predicted molar refractivity (Wildman–Crippen MR) is 76.8 cm³/mol. The first-order chi connectivity index (χ1) is 9.88. The maximum Gasteiger partial charge on any atom is 0.305 e. The molecule has 2 aromatic carbocycles. The minimum atomic E-state index is -1.22. The summed E-state index contributed by atoms with van der Waals surface area (Å²) in [6, 6.07) is 5.98. The molecule has 110 valence electrons. The van der Waals surface area contributed by atoms with Gasteiger partial charge in [0.2, 0.25) is 5.82 Å². The summed E-state index contributed by atoms with van der Waals surface area (Å²) in [5.74, 6) is -2.11. The zero-order chi connectivity index (χ0) is 15.6. The molecule has 0 spiro atoms. The fourth-order valence-corrected chi connectivity index (χ4v) is 2.04. The van der Waals surface area contributed by atoms with Crippen LogP contribution >= 0.6 is 23.2 Å². The van der Waals surface area contributed by atoms with Crippen molar-refractivity contribution in [3.8, 4) is 0 Å². The molecule has 0 radical (unpaired) electrons. The van der Waals surface area contributed by atoms with Gasteiger partial charge in [0, 0.05) is 29.3 Å². The molecular formula is C13H8Cl2F2N2O2. The van der Waals surface area contributed by atoms with Gasteiger partial charge in [-0.15, -0.1) is 0 Å². The molecule has 0 fully saturated rings. The molecule has 0 aromatic heterocycles. The van der Waals surface area contributed by atoms with E-state index in [2.05, 4.69) is 5.32 Å². The Morgan fingerprint density at radius 2 is 1.86 bits per heavy atom. The number of benzene rings is 2. The van der Waals surface area contributed by atoms with Crippen LogP contribution in [0.25, 0.3) is 0 Å². The van der Waals surface area contributed by atoms with Crippen molar-refractivity contribution in [3.63, 3.8) is 0 Å². The second kappa shape index (κ2) is 6.24. The topological polar surface area (TPSA) is 55.2 Å². The lowest BCUT2D eigenvalue weighted by atomic mass is 10.1. The van der Waals surface area contributed by atoms with Crippen LogP contribution in [0.3, 0.4) is 0 Å². The number of nitro benzene ring substituents is 1. The monoisotopic (exact) mass is 332 g/mol. The Labute approximate surface area is 128 Å². The van der Waals surface area contributed by atoms with Gasteiger partial charge in [-0.2, -0.15) is 4.39 Å². The van der Waals surface area contributed by atoms with Gasteiger partial charge in [-0.1, -0.05) is 23.2 Å². The summed E-state index contributed by atoms with van der Waals surface area (Å²) in [5, 5.41) is 14.2. The van der Waals surface area contributed by atoms with Gasteiger partial charge in [-0.05, 0) is 18.2 Å². The Hall–Kier alpha value is -1.92. The van der Waals surface area contributed by atoms with E-state index in [1.807, 2.05) is 0 Å². The molecule has 0 unspecified atom stereocenters. The molecule has 2 aromatic rings. The minimum absolute atomic E-state index is 0.0563. The lowest BCUT2D eigenvalue weighted by Gasteiger charge is -2.10. The molecular weight excluding hydrogens is 325 g/mol. The quantitative estimate of drug-likeness (QED) is 0.646. The molecule has 0 saturated carbocycles. The van der Waals surface area contributed by atoms with Crippen LogP contribution in [0.1, 0.15) is 5.56 Å². The summed E-state index contributed by atoms with van der Waals surface area (Å²) in [5.41, 5.74) is -0.403. The third-order valence-corrected chi connectivity index (χ3v) is 3.27. The van der Waals surface area contributed by atoms with Gasteiger partial charge < -0.3 is 5.32 Å². The molecule has 0 aliphatic carbocycles. The van der Waals surface area contributed by atoms with Crippen LogP contribution < -0.4 is 5.32 Å². The minimum Gasteiger partial charge on any atom is -0.380 e. The molecule has 0 saturated heterocycles. The molecule has 21 heavy (non-hydrogen) atoms. The maximum atomic E-state index is 13.6. The highest BCUT2D eigenvalue weighted by atomic mass is 35.5. The van der Waals surface area contributed by atoms with Gasteiger partial charge >= 0.3 is 5.69 Å². The van der Waals surface area contributed by atoms with Crippen LogP contribution in [0, 0.1) is 21.7 Å². The van der Waals surface area contributed by atoms with Crippen molar-refractivity contribution in [1.82, 2.24) is 0 Å². The third kappa shape index (κ3) is 3.59. The SMILES string of the molecule is O=[N+]([O-])c1cc(CNc2cc(Cl)ccc2Cl)c(F)cc1F. The number of rotatable bonds is 4. The first kappa shape index (κ1) is 15.5. The molecule has 0 bridgehead atoms.